The van der Waals surface area contributed by atoms with Crippen LogP contribution in [-0.2, 0) is 0 Å². The predicted molar refractivity (Wildman–Crippen MR) is 39.2 cm³/mol. The van der Waals surface area contributed by atoms with Crippen LogP contribution < -0.4 is 11.3 Å². The zero-order valence-corrected chi connectivity index (χ0v) is 6.02. The number of anilines is 1. The average Bonchev–Trinajstić information content (AvgIpc) is 2.03. The molecule has 3 N–H and O–H groups in total. The van der Waals surface area contributed by atoms with E-state index >= 15 is 0 Å². The SMILES string of the molecule is NNc1c(F)cccc1C(F)F. The van der Waals surface area contributed by atoms with Crippen LogP contribution in [0.2, 0.25) is 0 Å². The summed E-state index contributed by atoms with van der Waals surface area (Å²) >= 11 is 0. The number of nitrogens with two attached hydrogens (primary N) is 1. The molecular weight excluding hydrogens is 169 g/mol. The maximum Gasteiger partial charge on any atom is 0.265 e. The van der Waals surface area contributed by atoms with Gasteiger partial charge in [0.05, 0.1) is 5.69 Å². The van der Waals surface area contributed by atoms with Gasteiger partial charge < -0.3 is 5.43 Å². The van der Waals surface area contributed by atoms with E-state index in [1.165, 1.54) is 6.07 Å². The molecule has 0 heterocycles. The first-order valence-electron chi connectivity index (χ1n) is 3.20. The third-order valence-electron chi connectivity index (χ3n) is 1.43. The van der Waals surface area contributed by atoms with E-state index in [1.807, 2.05) is 5.43 Å². The van der Waals surface area contributed by atoms with E-state index in [-0.39, 0.29) is 5.69 Å². The summed E-state index contributed by atoms with van der Waals surface area (Å²) in [5.41, 5.74) is 1.10. The molecule has 0 aliphatic carbocycles. The highest BCUT2D eigenvalue weighted by Gasteiger charge is 2.14. The van der Waals surface area contributed by atoms with Crippen molar-refractivity contribution in [3.63, 3.8) is 0 Å². The number of benzene rings is 1. The predicted octanol–water partition coefficient (Wildman–Crippen LogP) is 2.05. The molecule has 1 rings (SSSR count). The van der Waals surface area contributed by atoms with Crippen molar-refractivity contribution in [2.75, 3.05) is 5.43 Å². The maximum atomic E-state index is 12.7. The summed E-state index contributed by atoms with van der Waals surface area (Å²) in [5.74, 6) is 4.08. The van der Waals surface area contributed by atoms with Crippen molar-refractivity contribution in [3.8, 4) is 0 Å². The van der Waals surface area contributed by atoms with Gasteiger partial charge in [0.2, 0.25) is 0 Å². The Morgan fingerprint density at radius 2 is 2.00 bits per heavy atom. The van der Waals surface area contributed by atoms with Crippen LogP contribution in [0, 0.1) is 5.82 Å². The van der Waals surface area contributed by atoms with Crippen molar-refractivity contribution in [2.24, 2.45) is 5.84 Å². The monoisotopic (exact) mass is 176 g/mol. The van der Waals surface area contributed by atoms with Crippen molar-refractivity contribution >= 4 is 5.69 Å². The van der Waals surface area contributed by atoms with Gasteiger partial charge in [-0.15, -0.1) is 0 Å². The fraction of sp³-hybridized carbons (Fsp3) is 0.143. The highest BCUT2D eigenvalue weighted by molar-refractivity contribution is 5.51. The van der Waals surface area contributed by atoms with Crippen LogP contribution in [0.1, 0.15) is 12.0 Å². The first-order chi connectivity index (χ1) is 5.66. The van der Waals surface area contributed by atoms with E-state index in [0.29, 0.717) is 0 Å². The molecule has 0 radical (unpaired) electrons. The van der Waals surface area contributed by atoms with Gasteiger partial charge >= 0.3 is 0 Å². The summed E-state index contributed by atoms with van der Waals surface area (Å²) in [6, 6.07) is 3.38. The molecule has 0 saturated carbocycles. The van der Waals surface area contributed by atoms with Gasteiger partial charge in [-0.25, -0.2) is 13.2 Å². The first kappa shape index (κ1) is 8.86. The molecule has 0 saturated heterocycles. The van der Waals surface area contributed by atoms with Gasteiger partial charge in [0.1, 0.15) is 5.82 Å². The number of nitrogens with one attached hydrogen (secondary N) is 1. The molecule has 0 spiro atoms. The normalized spacial score (nSPS) is 10.4. The van der Waals surface area contributed by atoms with Crippen LogP contribution in [-0.4, -0.2) is 0 Å². The molecule has 0 aliphatic rings. The number of hydrazine groups is 1. The van der Waals surface area contributed by atoms with Crippen LogP contribution in [0.15, 0.2) is 18.2 Å². The zero-order valence-electron chi connectivity index (χ0n) is 6.02. The minimum atomic E-state index is -2.73. The largest absolute Gasteiger partial charge is 0.321 e. The second kappa shape index (κ2) is 3.44. The minimum absolute atomic E-state index is 0.354. The molecule has 66 valence electrons. The smallest absolute Gasteiger partial charge is 0.265 e. The number of alkyl halides is 2. The summed E-state index contributed by atoms with van der Waals surface area (Å²) in [5, 5.41) is 0. The van der Waals surface area contributed by atoms with Crippen molar-refractivity contribution in [1.82, 2.24) is 0 Å². The number of rotatable bonds is 2. The summed E-state index contributed by atoms with van der Waals surface area (Å²) in [7, 11) is 0. The Morgan fingerprint density at radius 3 is 2.42 bits per heavy atom. The van der Waals surface area contributed by atoms with E-state index in [4.69, 9.17) is 5.84 Å². The van der Waals surface area contributed by atoms with E-state index in [1.54, 1.807) is 0 Å². The van der Waals surface area contributed by atoms with Gasteiger partial charge in [-0.05, 0) is 6.07 Å². The number of para-hydroxylation sites is 1. The van der Waals surface area contributed by atoms with Crippen LogP contribution in [0.3, 0.4) is 0 Å². The molecule has 12 heavy (non-hydrogen) atoms. The molecular formula is C7H7F3N2. The molecule has 1 aromatic carbocycles. The lowest BCUT2D eigenvalue weighted by Crippen LogP contribution is -2.11. The van der Waals surface area contributed by atoms with Crippen LogP contribution >= 0.6 is 0 Å². The van der Waals surface area contributed by atoms with E-state index in [0.717, 1.165) is 12.1 Å². The van der Waals surface area contributed by atoms with Gasteiger partial charge in [0.25, 0.3) is 6.43 Å². The molecule has 1 aromatic rings. The van der Waals surface area contributed by atoms with E-state index < -0.39 is 17.8 Å². The molecule has 0 unspecified atom stereocenters. The summed E-state index contributed by atoms with van der Waals surface area (Å²) in [6.45, 7) is 0. The molecule has 2 nitrogen and oxygen atoms in total. The fourth-order valence-corrected chi connectivity index (χ4v) is 0.875. The van der Waals surface area contributed by atoms with Gasteiger partial charge in [-0.2, -0.15) is 0 Å². The van der Waals surface area contributed by atoms with E-state index in [2.05, 4.69) is 0 Å². The lowest BCUT2D eigenvalue weighted by Gasteiger charge is -2.07. The minimum Gasteiger partial charge on any atom is -0.321 e. The van der Waals surface area contributed by atoms with Crippen molar-refractivity contribution < 1.29 is 13.2 Å². The Bertz CT molecular complexity index is 275. The lowest BCUT2D eigenvalue weighted by atomic mass is 10.2. The molecule has 0 amide bonds. The van der Waals surface area contributed by atoms with Gasteiger partial charge in [-0.1, -0.05) is 12.1 Å². The van der Waals surface area contributed by atoms with Gasteiger partial charge in [0, 0.05) is 5.56 Å². The summed E-state index contributed by atoms with van der Waals surface area (Å²) in [6.07, 6.45) is -2.73. The number of hydrogen-bond donors (Lipinski definition) is 2. The summed E-state index contributed by atoms with van der Waals surface area (Å²) in [4.78, 5) is 0. The Balaban J connectivity index is 3.18. The highest BCUT2D eigenvalue weighted by atomic mass is 19.3. The second-order valence-corrected chi connectivity index (χ2v) is 2.15. The van der Waals surface area contributed by atoms with E-state index in [9.17, 15) is 13.2 Å². The van der Waals surface area contributed by atoms with Crippen LogP contribution in [0.4, 0.5) is 18.9 Å². The molecule has 0 bridgehead atoms. The molecule has 5 heteroatoms. The third-order valence-corrected chi connectivity index (χ3v) is 1.43. The number of halogens is 3. The summed E-state index contributed by atoms with van der Waals surface area (Å²) < 4.78 is 37.0. The number of nitrogen functional groups attached to an aromatic ring is 1. The van der Waals surface area contributed by atoms with Crippen LogP contribution in [0.25, 0.3) is 0 Å². The zero-order chi connectivity index (χ0) is 9.14. The maximum absolute atomic E-state index is 12.7. The Labute approximate surface area is 67.2 Å². The molecule has 0 fully saturated rings. The van der Waals surface area contributed by atoms with Crippen LogP contribution in [0.5, 0.6) is 0 Å². The third kappa shape index (κ3) is 1.50. The number of hydrogen-bond acceptors (Lipinski definition) is 2. The highest BCUT2D eigenvalue weighted by Crippen LogP contribution is 2.28. The fourth-order valence-electron chi connectivity index (χ4n) is 0.875. The average molecular weight is 176 g/mol. The molecule has 0 atom stereocenters. The Morgan fingerprint density at radius 1 is 1.33 bits per heavy atom. The first-order valence-corrected chi connectivity index (χ1v) is 3.20. The van der Waals surface area contributed by atoms with Crippen molar-refractivity contribution in [1.29, 1.82) is 0 Å². The lowest BCUT2D eigenvalue weighted by molar-refractivity contribution is 0.152. The van der Waals surface area contributed by atoms with Gasteiger partial charge in [0.15, 0.2) is 0 Å². The Kier molecular flexibility index (Phi) is 2.54. The topological polar surface area (TPSA) is 38.0 Å². The second-order valence-electron chi connectivity index (χ2n) is 2.15. The molecule has 0 aromatic heterocycles. The standard InChI is InChI=1S/C7H7F3N2/c8-5-3-1-2-4(7(9)10)6(5)12-11/h1-3,7,12H,11H2. The molecule has 0 aliphatic heterocycles. The Hall–Kier alpha value is -1.23. The van der Waals surface area contributed by atoms with Crippen molar-refractivity contribution in [2.45, 2.75) is 6.43 Å². The van der Waals surface area contributed by atoms with Crippen molar-refractivity contribution in [3.05, 3.63) is 29.6 Å². The quantitative estimate of drug-likeness (QED) is 0.534. The van der Waals surface area contributed by atoms with Gasteiger partial charge in [-0.3, -0.25) is 5.84 Å².